The predicted molar refractivity (Wildman–Crippen MR) is 119 cm³/mol. The maximum absolute atomic E-state index is 13.3. The van der Waals surface area contributed by atoms with Crippen molar-refractivity contribution in [3.05, 3.63) is 54.1 Å². The van der Waals surface area contributed by atoms with E-state index in [1.807, 2.05) is 38.1 Å². The molecule has 1 saturated heterocycles. The highest BCUT2D eigenvalue weighted by Crippen LogP contribution is 2.38. The van der Waals surface area contributed by atoms with Crippen molar-refractivity contribution in [2.45, 2.75) is 30.7 Å². The van der Waals surface area contributed by atoms with Crippen LogP contribution in [0.4, 0.5) is 0 Å². The number of hydrogen-bond acceptors (Lipinski definition) is 5. The molecule has 0 bridgehead atoms. The lowest BCUT2D eigenvalue weighted by atomic mass is 9.87. The third-order valence-corrected chi connectivity index (χ3v) is 7.79. The zero-order valence-electron chi connectivity index (χ0n) is 18.6. The molecule has 0 N–H and O–H groups in total. The topological polar surface area (TPSA) is 76.2 Å². The van der Waals surface area contributed by atoms with Gasteiger partial charge in [-0.2, -0.15) is 4.31 Å². The van der Waals surface area contributed by atoms with Crippen LogP contribution in [0.15, 0.2) is 53.4 Å². The van der Waals surface area contributed by atoms with E-state index in [2.05, 4.69) is 0 Å². The Morgan fingerprint density at radius 3 is 2.26 bits per heavy atom. The van der Waals surface area contributed by atoms with Gasteiger partial charge in [0.25, 0.3) is 0 Å². The molecule has 8 heteroatoms. The van der Waals surface area contributed by atoms with E-state index in [4.69, 9.17) is 9.47 Å². The van der Waals surface area contributed by atoms with Crippen LogP contribution < -0.4 is 9.47 Å². The highest BCUT2D eigenvalue weighted by atomic mass is 32.2. The van der Waals surface area contributed by atoms with Gasteiger partial charge in [0.05, 0.1) is 25.0 Å². The van der Waals surface area contributed by atoms with Gasteiger partial charge in [0.1, 0.15) is 11.5 Å². The first-order chi connectivity index (χ1) is 14.7. The molecule has 1 aliphatic rings. The normalized spacial score (nSPS) is 19.4. The molecule has 2 aromatic rings. The van der Waals surface area contributed by atoms with Crippen molar-refractivity contribution in [2.75, 3.05) is 34.4 Å². The van der Waals surface area contributed by atoms with Crippen LogP contribution in [0.3, 0.4) is 0 Å². The standard InChI is InChI=1S/C23H30N2O5S/c1-16(2)24(3)23(26)22-15-25(14-21(22)17-7-6-8-19(13-17)30-5)31(27,28)20-11-9-18(29-4)10-12-20/h6-13,16,21-22H,14-15H2,1-5H3/t21-,22+/m0/s1. The van der Waals surface area contributed by atoms with Crippen LogP contribution in [-0.4, -0.2) is 63.9 Å². The Hall–Kier alpha value is -2.58. The summed E-state index contributed by atoms with van der Waals surface area (Å²) < 4.78 is 38.6. The molecule has 0 aromatic heterocycles. The van der Waals surface area contributed by atoms with Crippen molar-refractivity contribution in [2.24, 2.45) is 5.92 Å². The fourth-order valence-corrected chi connectivity index (χ4v) is 5.33. The Bertz CT molecular complexity index is 1020. The molecular weight excluding hydrogens is 416 g/mol. The number of methoxy groups -OCH3 is 2. The van der Waals surface area contributed by atoms with Crippen LogP contribution >= 0.6 is 0 Å². The van der Waals surface area contributed by atoms with Crippen LogP contribution in [0, 0.1) is 5.92 Å². The number of carbonyl (C=O) groups excluding carboxylic acids is 1. The molecule has 7 nitrogen and oxygen atoms in total. The molecule has 1 amide bonds. The second-order valence-corrected chi connectivity index (χ2v) is 9.97. The van der Waals surface area contributed by atoms with Gasteiger partial charge >= 0.3 is 0 Å². The maximum atomic E-state index is 13.3. The molecule has 1 aliphatic heterocycles. The largest absolute Gasteiger partial charge is 0.497 e. The van der Waals surface area contributed by atoms with Gasteiger partial charge in [0, 0.05) is 32.1 Å². The second kappa shape index (κ2) is 9.28. The smallest absolute Gasteiger partial charge is 0.243 e. The van der Waals surface area contributed by atoms with E-state index < -0.39 is 15.9 Å². The second-order valence-electron chi connectivity index (χ2n) is 8.03. The SMILES string of the molecule is COc1ccc(S(=O)(=O)N2C[C@@H](C(=O)N(C)C(C)C)[C@H](c3cccc(OC)c3)C2)cc1. The van der Waals surface area contributed by atoms with Crippen LogP contribution in [0.1, 0.15) is 25.3 Å². The van der Waals surface area contributed by atoms with Crippen molar-refractivity contribution in [3.63, 3.8) is 0 Å². The van der Waals surface area contributed by atoms with Crippen molar-refractivity contribution >= 4 is 15.9 Å². The van der Waals surface area contributed by atoms with E-state index in [0.717, 1.165) is 5.56 Å². The highest BCUT2D eigenvalue weighted by molar-refractivity contribution is 7.89. The third kappa shape index (κ3) is 4.70. The molecule has 2 atom stereocenters. The lowest BCUT2D eigenvalue weighted by Gasteiger charge is -2.27. The minimum absolute atomic E-state index is 0.0192. The van der Waals surface area contributed by atoms with Crippen molar-refractivity contribution in [1.29, 1.82) is 0 Å². The molecule has 1 fully saturated rings. The van der Waals surface area contributed by atoms with Gasteiger partial charge in [-0.25, -0.2) is 8.42 Å². The Labute approximate surface area is 184 Å². The first kappa shape index (κ1) is 23.1. The minimum Gasteiger partial charge on any atom is -0.497 e. The van der Waals surface area contributed by atoms with E-state index in [1.54, 1.807) is 31.2 Å². The van der Waals surface area contributed by atoms with E-state index in [0.29, 0.717) is 11.5 Å². The first-order valence-corrected chi connectivity index (χ1v) is 11.7. The van der Waals surface area contributed by atoms with Gasteiger partial charge in [0.15, 0.2) is 0 Å². The van der Waals surface area contributed by atoms with Gasteiger partial charge < -0.3 is 14.4 Å². The molecule has 168 valence electrons. The van der Waals surface area contributed by atoms with Gasteiger partial charge in [-0.3, -0.25) is 4.79 Å². The van der Waals surface area contributed by atoms with Crippen molar-refractivity contribution in [3.8, 4) is 11.5 Å². The lowest BCUT2D eigenvalue weighted by Crippen LogP contribution is -2.40. The quantitative estimate of drug-likeness (QED) is 0.654. The number of nitrogens with zero attached hydrogens (tertiary/aromatic N) is 2. The summed E-state index contributed by atoms with van der Waals surface area (Å²) in [6, 6.07) is 13.8. The zero-order valence-corrected chi connectivity index (χ0v) is 19.4. The van der Waals surface area contributed by atoms with Crippen molar-refractivity contribution in [1.82, 2.24) is 9.21 Å². The summed E-state index contributed by atoms with van der Waals surface area (Å²) in [5.41, 5.74) is 0.891. The Balaban J connectivity index is 1.97. The fraction of sp³-hybridized carbons (Fsp3) is 0.435. The van der Waals surface area contributed by atoms with Gasteiger partial charge in [-0.1, -0.05) is 12.1 Å². The zero-order chi connectivity index (χ0) is 22.8. The highest BCUT2D eigenvalue weighted by Gasteiger charge is 2.44. The molecule has 31 heavy (non-hydrogen) atoms. The summed E-state index contributed by atoms with van der Waals surface area (Å²) in [5.74, 6) is 0.457. The predicted octanol–water partition coefficient (Wildman–Crippen LogP) is 2.97. The molecule has 0 aliphatic carbocycles. The Morgan fingerprint density at radius 2 is 1.68 bits per heavy atom. The van der Waals surface area contributed by atoms with Gasteiger partial charge in [0.2, 0.25) is 15.9 Å². The number of carbonyl (C=O) groups is 1. The Kier molecular flexibility index (Phi) is 6.91. The third-order valence-electron chi connectivity index (χ3n) is 5.94. The van der Waals surface area contributed by atoms with Crippen LogP contribution in [0.5, 0.6) is 11.5 Å². The van der Waals surface area contributed by atoms with Gasteiger partial charge in [-0.15, -0.1) is 0 Å². The molecule has 3 rings (SSSR count). The average Bonchev–Trinajstić information content (AvgIpc) is 3.24. The number of ether oxygens (including phenoxy) is 2. The molecule has 0 radical (unpaired) electrons. The summed E-state index contributed by atoms with van der Waals surface area (Å²) in [5, 5.41) is 0. The van der Waals surface area contributed by atoms with E-state index in [9.17, 15) is 13.2 Å². The number of benzene rings is 2. The molecular formula is C23H30N2O5S. The molecule has 0 saturated carbocycles. The van der Waals surface area contributed by atoms with E-state index in [-0.39, 0.29) is 35.9 Å². The average molecular weight is 447 g/mol. The first-order valence-electron chi connectivity index (χ1n) is 10.2. The lowest BCUT2D eigenvalue weighted by molar-refractivity contribution is -0.135. The monoisotopic (exact) mass is 446 g/mol. The fourth-order valence-electron chi connectivity index (χ4n) is 3.84. The minimum atomic E-state index is -3.76. The number of sulfonamides is 1. The summed E-state index contributed by atoms with van der Waals surface area (Å²) in [4.78, 5) is 15.1. The van der Waals surface area contributed by atoms with Crippen LogP contribution in [0.25, 0.3) is 0 Å². The molecule has 0 spiro atoms. The number of amides is 1. The summed E-state index contributed by atoms with van der Waals surface area (Å²) in [7, 11) is 1.12. The van der Waals surface area contributed by atoms with E-state index >= 15 is 0 Å². The van der Waals surface area contributed by atoms with Crippen LogP contribution in [0.2, 0.25) is 0 Å². The van der Waals surface area contributed by atoms with Crippen LogP contribution in [-0.2, 0) is 14.8 Å². The van der Waals surface area contributed by atoms with E-state index in [1.165, 1.54) is 23.5 Å². The summed E-state index contributed by atoms with van der Waals surface area (Å²) in [6.45, 7) is 4.24. The molecule has 0 unspecified atom stereocenters. The Morgan fingerprint density at radius 1 is 1.03 bits per heavy atom. The number of rotatable bonds is 7. The summed E-state index contributed by atoms with van der Waals surface area (Å²) in [6.07, 6.45) is 0. The number of hydrogen-bond donors (Lipinski definition) is 0. The molecule has 1 heterocycles. The van der Waals surface area contributed by atoms with Crippen molar-refractivity contribution < 1.29 is 22.7 Å². The maximum Gasteiger partial charge on any atom is 0.243 e. The summed E-state index contributed by atoms with van der Waals surface area (Å²) >= 11 is 0. The van der Waals surface area contributed by atoms with Gasteiger partial charge in [-0.05, 0) is 55.8 Å². The molecule has 2 aromatic carbocycles.